The molecule has 0 bridgehead atoms. The van der Waals surface area contributed by atoms with E-state index in [2.05, 4.69) is 15.6 Å². The fraction of sp³-hybridized carbons (Fsp3) is 0.308. The third-order valence-corrected chi connectivity index (χ3v) is 2.63. The van der Waals surface area contributed by atoms with Gasteiger partial charge in [0.25, 0.3) is 0 Å². The van der Waals surface area contributed by atoms with E-state index in [0.29, 0.717) is 13.0 Å². The standard InChI is InChI=1S/C13H17N5O/c1-10-2-4-11(5-3-10)15-13(19)9-18-8-12(6-7-14)16-17-18/h2-5,8H,6-7,9,14H2,1H3,(H,15,19). The molecule has 0 fully saturated rings. The summed E-state index contributed by atoms with van der Waals surface area (Å²) in [6, 6.07) is 7.64. The summed E-state index contributed by atoms with van der Waals surface area (Å²) in [7, 11) is 0. The van der Waals surface area contributed by atoms with Crippen LogP contribution >= 0.6 is 0 Å². The highest BCUT2D eigenvalue weighted by molar-refractivity contribution is 5.90. The van der Waals surface area contributed by atoms with Crippen molar-refractivity contribution in [1.82, 2.24) is 15.0 Å². The van der Waals surface area contributed by atoms with Crippen molar-refractivity contribution in [3.8, 4) is 0 Å². The second-order valence-electron chi connectivity index (χ2n) is 4.36. The molecule has 0 aliphatic rings. The maximum absolute atomic E-state index is 11.8. The molecule has 19 heavy (non-hydrogen) atoms. The Labute approximate surface area is 111 Å². The van der Waals surface area contributed by atoms with Gasteiger partial charge in [0.2, 0.25) is 5.91 Å². The van der Waals surface area contributed by atoms with Crippen LogP contribution in [0, 0.1) is 6.92 Å². The molecule has 2 rings (SSSR count). The van der Waals surface area contributed by atoms with Crippen LogP contribution in [0.4, 0.5) is 5.69 Å². The van der Waals surface area contributed by atoms with Gasteiger partial charge < -0.3 is 11.1 Å². The summed E-state index contributed by atoms with van der Waals surface area (Å²) < 4.78 is 1.51. The Bertz CT molecular complexity index is 546. The van der Waals surface area contributed by atoms with Gasteiger partial charge in [-0.15, -0.1) is 5.10 Å². The summed E-state index contributed by atoms with van der Waals surface area (Å²) >= 11 is 0. The van der Waals surface area contributed by atoms with E-state index in [1.165, 1.54) is 4.68 Å². The Kier molecular flexibility index (Phi) is 4.25. The number of anilines is 1. The van der Waals surface area contributed by atoms with Crippen molar-refractivity contribution in [3.05, 3.63) is 41.7 Å². The van der Waals surface area contributed by atoms with Crippen LogP contribution in [0.5, 0.6) is 0 Å². The molecule has 1 aromatic carbocycles. The smallest absolute Gasteiger partial charge is 0.246 e. The number of carbonyl (C=O) groups excluding carboxylic acids is 1. The number of nitrogens with zero attached hydrogens (tertiary/aromatic N) is 3. The Morgan fingerprint density at radius 2 is 2.11 bits per heavy atom. The molecule has 0 saturated heterocycles. The van der Waals surface area contributed by atoms with E-state index in [4.69, 9.17) is 5.73 Å². The predicted molar refractivity (Wildman–Crippen MR) is 72.6 cm³/mol. The molecule has 0 saturated carbocycles. The lowest BCUT2D eigenvalue weighted by Gasteiger charge is -2.05. The summed E-state index contributed by atoms with van der Waals surface area (Å²) in [5, 5.41) is 10.6. The largest absolute Gasteiger partial charge is 0.330 e. The van der Waals surface area contributed by atoms with E-state index in [1.807, 2.05) is 31.2 Å². The molecular formula is C13H17N5O. The van der Waals surface area contributed by atoms with Crippen molar-refractivity contribution in [2.24, 2.45) is 5.73 Å². The molecule has 0 aliphatic carbocycles. The molecule has 1 heterocycles. The SMILES string of the molecule is Cc1ccc(NC(=O)Cn2cc(CCN)nn2)cc1. The quantitative estimate of drug-likeness (QED) is 0.828. The molecule has 3 N–H and O–H groups in total. The predicted octanol–water partition coefficient (Wildman–Crippen LogP) is 0.726. The fourth-order valence-corrected chi connectivity index (χ4v) is 1.66. The Morgan fingerprint density at radius 1 is 1.37 bits per heavy atom. The lowest BCUT2D eigenvalue weighted by Crippen LogP contribution is -2.19. The number of benzene rings is 1. The normalized spacial score (nSPS) is 10.4. The molecule has 0 unspecified atom stereocenters. The zero-order valence-electron chi connectivity index (χ0n) is 10.8. The van der Waals surface area contributed by atoms with Gasteiger partial charge in [-0.1, -0.05) is 22.9 Å². The van der Waals surface area contributed by atoms with E-state index in [0.717, 1.165) is 16.9 Å². The van der Waals surface area contributed by atoms with Gasteiger partial charge in [-0.3, -0.25) is 4.79 Å². The minimum absolute atomic E-state index is 0.131. The van der Waals surface area contributed by atoms with Crippen molar-refractivity contribution in [3.63, 3.8) is 0 Å². The summed E-state index contributed by atoms with van der Waals surface area (Å²) in [5.74, 6) is -0.131. The van der Waals surface area contributed by atoms with Crippen LogP contribution in [-0.4, -0.2) is 27.4 Å². The fourth-order valence-electron chi connectivity index (χ4n) is 1.66. The van der Waals surface area contributed by atoms with E-state index in [-0.39, 0.29) is 12.5 Å². The van der Waals surface area contributed by atoms with Crippen LogP contribution in [-0.2, 0) is 17.8 Å². The van der Waals surface area contributed by atoms with Crippen LogP contribution < -0.4 is 11.1 Å². The number of nitrogens with one attached hydrogen (secondary N) is 1. The Morgan fingerprint density at radius 3 is 2.79 bits per heavy atom. The van der Waals surface area contributed by atoms with Crippen LogP contribution in [0.25, 0.3) is 0 Å². The van der Waals surface area contributed by atoms with E-state index in [1.54, 1.807) is 6.20 Å². The van der Waals surface area contributed by atoms with Crippen LogP contribution in [0.2, 0.25) is 0 Å². The second-order valence-corrected chi connectivity index (χ2v) is 4.36. The van der Waals surface area contributed by atoms with E-state index >= 15 is 0 Å². The van der Waals surface area contributed by atoms with Crippen LogP contribution in [0.3, 0.4) is 0 Å². The zero-order chi connectivity index (χ0) is 13.7. The molecule has 0 radical (unpaired) electrons. The third-order valence-electron chi connectivity index (χ3n) is 2.63. The minimum Gasteiger partial charge on any atom is -0.330 e. The molecule has 2 aromatic rings. The number of nitrogens with two attached hydrogens (primary N) is 1. The maximum Gasteiger partial charge on any atom is 0.246 e. The van der Waals surface area contributed by atoms with E-state index in [9.17, 15) is 4.79 Å². The van der Waals surface area contributed by atoms with Crippen molar-refractivity contribution >= 4 is 11.6 Å². The topological polar surface area (TPSA) is 85.8 Å². The number of aryl methyl sites for hydroxylation is 1. The van der Waals surface area contributed by atoms with Crippen LogP contribution in [0.15, 0.2) is 30.5 Å². The van der Waals surface area contributed by atoms with E-state index < -0.39 is 0 Å². The maximum atomic E-state index is 11.8. The molecule has 1 aromatic heterocycles. The van der Waals surface area contributed by atoms with Gasteiger partial charge in [0.05, 0.1) is 5.69 Å². The van der Waals surface area contributed by atoms with Gasteiger partial charge in [0.1, 0.15) is 6.54 Å². The average molecular weight is 259 g/mol. The summed E-state index contributed by atoms with van der Waals surface area (Å²) in [6.07, 6.45) is 2.40. The first-order chi connectivity index (χ1) is 9.17. The van der Waals surface area contributed by atoms with Crippen molar-refractivity contribution < 1.29 is 4.79 Å². The summed E-state index contributed by atoms with van der Waals surface area (Å²) in [4.78, 5) is 11.8. The molecule has 6 nitrogen and oxygen atoms in total. The first-order valence-corrected chi connectivity index (χ1v) is 6.13. The van der Waals surface area contributed by atoms with Crippen LogP contribution in [0.1, 0.15) is 11.3 Å². The number of aromatic nitrogens is 3. The lowest BCUT2D eigenvalue weighted by atomic mass is 10.2. The third kappa shape index (κ3) is 3.89. The second kappa shape index (κ2) is 6.10. The Hall–Kier alpha value is -2.21. The molecular weight excluding hydrogens is 242 g/mol. The molecule has 0 spiro atoms. The van der Waals surface area contributed by atoms with Gasteiger partial charge in [0, 0.05) is 18.3 Å². The van der Waals surface area contributed by atoms with Gasteiger partial charge >= 0.3 is 0 Å². The number of hydrogen-bond acceptors (Lipinski definition) is 4. The highest BCUT2D eigenvalue weighted by Crippen LogP contribution is 2.08. The minimum atomic E-state index is -0.131. The molecule has 0 atom stereocenters. The average Bonchev–Trinajstić information content (AvgIpc) is 2.80. The summed E-state index contributed by atoms with van der Waals surface area (Å²) in [6.45, 7) is 2.67. The monoisotopic (exact) mass is 259 g/mol. The number of amides is 1. The first kappa shape index (κ1) is 13.2. The summed E-state index contributed by atoms with van der Waals surface area (Å²) in [5.41, 5.74) is 8.16. The van der Waals surface area contributed by atoms with Crippen molar-refractivity contribution in [2.45, 2.75) is 19.9 Å². The van der Waals surface area contributed by atoms with Crippen molar-refractivity contribution in [1.29, 1.82) is 0 Å². The Balaban J connectivity index is 1.91. The zero-order valence-corrected chi connectivity index (χ0v) is 10.8. The van der Waals surface area contributed by atoms with Gasteiger partial charge in [-0.05, 0) is 25.6 Å². The number of carbonyl (C=O) groups is 1. The van der Waals surface area contributed by atoms with Crippen molar-refractivity contribution in [2.75, 3.05) is 11.9 Å². The lowest BCUT2D eigenvalue weighted by molar-refractivity contribution is -0.116. The van der Waals surface area contributed by atoms with Gasteiger partial charge in [0.15, 0.2) is 0 Å². The number of rotatable bonds is 5. The van der Waals surface area contributed by atoms with Gasteiger partial charge in [-0.2, -0.15) is 0 Å². The molecule has 6 heteroatoms. The first-order valence-electron chi connectivity index (χ1n) is 6.13. The number of hydrogen-bond donors (Lipinski definition) is 2. The highest BCUT2D eigenvalue weighted by atomic mass is 16.2. The molecule has 100 valence electrons. The molecule has 1 amide bonds. The molecule has 0 aliphatic heterocycles. The van der Waals surface area contributed by atoms with Gasteiger partial charge in [-0.25, -0.2) is 4.68 Å². The highest BCUT2D eigenvalue weighted by Gasteiger charge is 2.06.